The second-order valence-electron chi connectivity index (χ2n) is 5.41. The number of nitrogens with two attached hydrogens (primary N) is 1. The van der Waals surface area contributed by atoms with Crippen molar-refractivity contribution in [2.24, 2.45) is 10.7 Å². The van der Waals surface area contributed by atoms with Gasteiger partial charge in [0.2, 0.25) is 5.91 Å². The monoisotopic (exact) mass is 323 g/mol. The van der Waals surface area contributed by atoms with Crippen LogP contribution in [0.25, 0.3) is 0 Å². The van der Waals surface area contributed by atoms with Crippen LogP contribution in [0.15, 0.2) is 29.3 Å². The predicted molar refractivity (Wildman–Crippen MR) is 90.4 cm³/mol. The van der Waals surface area contributed by atoms with Crippen molar-refractivity contribution in [2.75, 3.05) is 51.7 Å². The summed E-state index contributed by atoms with van der Waals surface area (Å²) in [5.41, 5.74) is 6.82. The number of guanidine groups is 1. The first kappa shape index (κ1) is 16.4. The quantitative estimate of drug-likeness (QED) is 0.662. The molecule has 1 aliphatic rings. The van der Waals surface area contributed by atoms with Crippen LogP contribution in [0.1, 0.15) is 0 Å². The third-order valence-corrected chi connectivity index (χ3v) is 3.91. The van der Waals surface area contributed by atoms with E-state index in [1.165, 1.54) is 0 Å². The van der Waals surface area contributed by atoms with E-state index in [1.54, 1.807) is 19.0 Å². The standard InChI is InChI=1S/C15H22ClN5O/c1-19(2)15(17)18-11-14(22)21-9-7-20(8-10-21)13-5-3-12(16)4-6-13/h3-6H,7-11H2,1-2H3,(H2,17,18). The summed E-state index contributed by atoms with van der Waals surface area (Å²) in [6.07, 6.45) is 0. The summed E-state index contributed by atoms with van der Waals surface area (Å²) in [6, 6.07) is 7.77. The fraction of sp³-hybridized carbons (Fsp3) is 0.467. The number of rotatable bonds is 3. The summed E-state index contributed by atoms with van der Waals surface area (Å²) in [5, 5.41) is 0.730. The molecule has 0 saturated carbocycles. The number of piperazine rings is 1. The van der Waals surface area contributed by atoms with Crippen LogP contribution in [0.4, 0.5) is 5.69 Å². The summed E-state index contributed by atoms with van der Waals surface area (Å²) in [5.74, 6) is 0.383. The largest absolute Gasteiger partial charge is 0.370 e. The van der Waals surface area contributed by atoms with Gasteiger partial charge in [0.15, 0.2) is 5.96 Å². The number of halogens is 1. The van der Waals surface area contributed by atoms with Crippen LogP contribution in [-0.2, 0) is 4.79 Å². The van der Waals surface area contributed by atoms with Crippen molar-refractivity contribution in [3.8, 4) is 0 Å². The van der Waals surface area contributed by atoms with E-state index in [-0.39, 0.29) is 12.5 Å². The van der Waals surface area contributed by atoms with E-state index in [9.17, 15) is 4.79 Å². The maximum Gasteiger partial charge on any atom is 0.244 e. The Morgan fingerprint density at radius 3 is 2.36 bits per heavy atom. The molecule has 6 nitrogen and oxygen atoms in total. The smallest absolute Gasteiger partial charge is 0.244 e. The van der Waals surface area contributed by atoms with Crippen molar-refractivity contribution < 1.29 is 4.79 Å². The molecule has 1 aromatic rings. The lowest BCUT2D eigenvalue weighted by atomic mass is 10.2. The fourth-order valence-corrected chi connectivity index (χ4v) is 2.38. The minimum Gasteiger partial charge on any atom is -0.370 e. The van der Waals surface area contributed by atoms with Crippen LogP contribution < -0.4 is 10.6 Å². The van der Waals surface area contributed by atoms with Gasteiger partial charge in [0.05, 0.1) is 0 Å². The molecule has 2 N–H and O–H groups in total. The van der Waals surface area contributed by atoms with E-state index in [1.807, 2.05) is 29.2 Å². The molecule has 7 heteroatoms. The Kier molecular flexibility index (Phi) is 5.49. The molecule has 1 saturated heterocycles. The summed E-state index contributed by atoms with van der Waals surface area (Å²) >= 11 is 5.90. The van der Waals surface area contributed by atoms with Gasteiger partial charge in [-0.2, -0.15) is 0 Å². The number of carbonyl (C=O) groups excluding carboxylic acids is 1. The lowest BCUT2D eigenvalue weighted by molar-refractivity contribution is -0.129. The minimum atomic E-state index is 0.0144. The Labute approximate surface area is 136 Å². The molecule has 0 radical (unpaired) electrons. The average molecular weight is 324 g/mol. The summed E-state index contributed by atoms with van der Waals surface area (Å²) in [6.45, 7) is 3.10. The van der Waals surface area contributed by atoms with Crippen LogP contribution in [0, 0.1) is 0 Å². The van der Waals surface area contributed by atoms with Crippen molar-refractivity contribution in [3.63, 3.8) is 0 Å². The Hall–Kier alpha value is -1.95. The van der Waals surface area contributed by atoms with Gasteiger partial charge >= 0.3 is 0 Å². The summed E-state index contributed by atoms with van der Waals surface area (Å²) < 4.78 is 0. The van der Waals surface area contributed by atoms with E-state index >= 15 is 0 Å². The number of nitrogens with zero attached hydrogens (tertiary/aromatic N) is 4. The van der Waals surface area contributed by atoms with E-state index in [0.717, 1.165) is 23.8 Å². The highest BCUT2D eigenvalue weighted by atomic mass is 35.5. The zero-order chi connectivity index (χ0) is 16.1. The van der Waals surface area contributed by atoms with Crippen molar-refractivity contribution in [1.29, 1.82) is 0 Å². The number of benzene rings is 1. The number of carbonyl (C=O) groups is 1. The first-order valence-corrected chi connectivity index (χ1v) is 7.60. The Balaban J connectivity index is 1.85. The lowest BCUT2D eigenvalue weighted by Gasteiger charge is -2.36. The Bertz CT molecular complexity index is 535. The average Bonchev–Trinajstić information content (AvgIpc) is 2.53. The van der Waals surface area contributed by atoms with Crippen LogP contribution >= 0.6 is 11.6 Å². The molecule has 1 aliphatic heterocycles. The fourth-order valence-electron chi connectivity index (χ4n) is 2.26. The molecule has 22 heavy (non-hydrogen) atoms. The first-order valence-electron chi connectivity index (χ1n) is 7.23. The molecule has 0 unspecified atom stereocenters. The van der Waals surface area contributed by atoms with Crippen LogP contribution in [0.3, 0.4) is 0 Å². The van der Waals surface area contributed by atoms with Gasteiger partial charge in [0.1, 0.15) is 6.54 Å². The van der Waals surface area contributed by atoms with E-state index < -0.39 is 0 Å². The van der Waals surface area contributed by atoms with Gasteiger partial charge < -0.3 is 20.4 Å². The summed E-state index contributed by atoms with van der Waals surface area (Å²) in [7, 11) is 3.60. The number of aliphatic imine (C=N–C) groups is 1. The number of hydrogen-bond donors (Lipinski definition) is 1. The zero-order valence-electron chi connectivity index (χ0n) is 13.0. The van der Waals surface area contributed by atoms with Gasteiger partial charge in [-0.3, -0.25) is 4.79 Å². The van der Waals surface area contributed by atoms with Crippen molar-refractivity contribution in [1.82, 2.24) is 9.80 Å². The number of hydrogen-bond acceptors (Lipinski definition) is 3. The van der Waals surface area contributed by atoms with Gasteiger partial charge in [-0.15, -0.1) is 0 Å². The van der Waals surface area contributed by atoms with Gasteiger partial charge in [0, 0.05) is 51.0 Å². The molecule has 0 atom stereocenters. The highest BCUT2D eigenvalue weighted by molar-refractivity contribution is 6.30. The third-order valence-electron chi connectivity index (χ3n) is 3.66. The lowest BCUT2D eigenvalue weighted by Crippen LogP contribution is -2.49. The predicted octanol–water partition coefficient (Wildman–Crippen LogP) is 0.865. The van der Waals surface area contributed by atoms with Gasteiger partial charge in [-0.05, 0) is 24.3 Å². The molecule has 1 heterocycles. The van der Waals surface area contributed by atoms with Crippen molar-refractivity contribution >= 4 is 29.2 Å². The second kappa shape index (κ2) is 7.35. The highest BCUT2D eigenvalue weighted by Crippen LogP contribution is 2.19. The van der Waals surface area contributed by atoms with Gasteiger partial charge in [-0.25, -0.2) is 4.99 Å². The van der Waals surface area contributed by atoms with Crippen LogP contribution in [0.5, 0.6) is 0 Å². The Morgan fingerprint density at radius 1 is 1.23 bits per heavy atom. The molecule has 0 spiro atoms. The molecule has 2 rings (SSSR count). The molecule has 1 aromatic carbocycles. The first-order chi connectivity index (χ1) is 10.5. The normalized spacial score (nSPS) is 15.9. The summed E-state index contributed by atoms with van der Waals surface area (Å²) in [4.78, 5) is 22.0. The maximum absolute atomic E-state index is 12.1. The second-order valence-corrected chi connectivity index (χ2v) is 5.85. The molecule has 0 aromatic heterocycles. The Morgan fingerprint density at radius 2 is 1.82 bits per heavy atom. The third kappa shape index (κ3) is 4.27. The molecule has 0 bridgehead atoms. The zero-order valence-corrected chi connectivity index (χ0v) is 13.8. The maximum atomic E-state index is 12.1. The van der Waals surface area contributed by atoms with Crippen LogP contribution in [0.2, 0.25) is 5.02 Å². The SMILES string of the molecule is CN(C)C(N)=NCC(=O)N1CCN(c2ccc(Cl)cc2)CC1. The molecule has 1 amide bonds. The topological polar surface area (TPSA) is 65.2 Å². The molecule has 1 fully saturated rings. The number of amides is 1. The molecular formula is C15H22ClN5O. The molecular weight excluding hydrogens is 302 g/mol. The van der Waals surface area contributed by atoms with Crippen molar-refractivity contribution in [2.45, 2.75) is 0 Å². The van der Waals surface area contributed by atoms with Gasteiger partial charge in [-0.1, -0.05) is 11.6 Å². The molecule has 120 valence electrons. The molecule has 0 aliphatic carbocycles. The van der Waals surface area contributed by atoms with Gasteiger partial charge in [0.25, 0.3) is 0 Å². The van der Waals surface area contributed by atoms with Crippen LogP contribution in [-0.4, -0.2) is 68.5 Å². The number of anilines is 1. The van der Waals surface area contributed by atoms with E-state index in [0.29, 0.717) is 19.0 Å². The van der Waals surface area contributed by atoms with Crippen molar-refractivity contribution in [3.05, 3.63) is 29.3 Å². The van der Waals surface area contributed by atoms with E-state index in [2.05, 4.69) is 9.89 Å². The minimum absolute atomic E-state index is 0.0144. The van der Waals surface area contributed by atoms with E-state index in [4.69, 9.17) is 17.3 Å². The highest BCUT2D eigenvalue weighted by Gasteiger charge is 2.21.